The summed E-state index contributed by atoms with van der Waals surface area (Å²) >= 11 is 0. The Labute approximate surface area is 99.7 Å². The second-order valence-corrected chi connectivity index (χ2v) is 4.15. The van der Waals surface area contributed by atoms with Crippen LogP contribution < -0.4 is 0 Å². The average Bonchev–Trinajstić information content (AvgIpc) is 2.33. The molecule has 0 radical (unpaired) electrons. The van der Waals surface area contributed by atoms with E-state index in [1.807, 2.05) is 0 Å². The number of hydrogen-bond donors (Lipinski definition) is 2. The minimum atomic E-state index is -1.14. The SMILES string of the molecule is C=CCOC1OC2COC(C)OC2C(O)C1O. The maximum absolute atomic E-state index is 9.94. The van der Waals surface area contributed by atoms with E-state index in [1.54, 1.807) is 13.0 Å². The molecule has 2 N–H and O–H groups in total. The first-order chi connectivity index (χ1) is 8.13. The van der Waals surface area contributed by atoms with Gasteiger partial charge >= 0.3 is 0 Å². The first-order valence-corrected chi connectivity index (χ1v) is 5.64. The number of hydrogen-bond acceptors (Lipinski definition) is 6. The second kappa shape index (κ2) is 5.43. The van der Waals surface area contributed by atoms with Crippen LogP contribution in [-0.2, 0) is 18.9 Å². The normalized spacial score (nSPS) is 46.3. The number of aliphatic hydroxyl groups excluding tert-OH is 2. The van der Waals surface area contributed by atoms with Crippen molar-refractivity contribution in [1.29, 1.82) is 0 Å². The van der Waals surface area contributed by atoms with Gasteiger partial charge < -0.3 is 29.2 Å². The summed E-state index contributed by atoms with van der Waals surface area (Å²) in [7, 11) is 0. The Morgan fingerprint density at radius 3 is 2.82 bits per heavy atom. The molecule has 0 saturated carbocycles. The van der Waals surface area contributed by atoms with Crippen LogP contribution in [0.15, 0.2) is 12.7 Å². The van der Waals surface area contributed by atoms with Gasteiger partial charge in [-0.2, -0.15) is 0 Å². The predicted molar refractivity (Wildman–Crippen MR) is 57.1 cm³/mol. The van der Waals surface area contributed by atoms with Crippen LogP contribution in [-0.4, -0.2) is 60.4 Å². The minimum Gasteiger partial charge on any atom is -0.387 e. The fraction of sp³-hybridized carbons (Fsp3) is 0.818. The zero-order valence-corrected chi connectivity index (χ0v) is 9.69. The molecule has 6 unspecified atom stereocenters. The van der Waals surface area contributed by atoms with Gasteiger partial charge in [-0.15, -0.1) is 6.58 Å². The first kappa shape index (κ1) is 12.9. The molecule has 98 valence electrons. The van der Waals surface area contributed by atoms with E-state index in [1.165, 1.54) is 0 Å². The lowest BCUT2D eigenvalue weighted by Crippen LogP contribution is -2.62. The highest BCUT2D eigenvalue weighted by Crippen LogP contribution is 2.28. The van der Waals surface area contributed by atoms with Gasteiger partial charge in [-0.3, -0.25) is 0 Å². The van der Waals surface area contributed by atoms with Crippen LogP contribution in [0, 0.1) is 0 Å². The molecule has 0 bridgehead atoms. The number of fused-ring (bicyclic) bond motifs is 1. The maximum Gasteiger partial charge on any atom is 0.187 e. The molecular formula is C11H18O6. The summed E-state index contributed by atoms with van der Waals surface area (Å²) in [6, 6.07) is 0. The molecule has 0 spiro atoms. The molecule has 6 nitrogen and oxygen atoms in total. The maximum atomic E-state index is 9.94. The predicted octanol–water partition coefficient (Wildman–Crippen LogP) is -0.603. The van der Waals surface area contributed by atoms with Gasteiger partial charge in [0, 0.05) is 0 Å². The molecule has 2 aliphatic heterocycles. The Balaban J connectivity index is 2.01. The van der Waals surface area contributed by atoms with Gasteiger partial charge in [0.05, 0.1) is 13.2 Å². The summed E-state index contributed by atoms with van der Waals surface area (Å²) in [4.78, 5) is 0. The van der Waals surface area contributed by atoms with Crippen molar-refractivity contribution in [3.63, 3.8) is 0 Å². The third kappa shape index (κ3) is 2.67. The average molecular weight is 246 g/mol. The lowest BCUT2D eigenvalue weighted by atomic mass is 9.98. The third-order valence-corrected chi connectivity index (χ3v) is 2.86. The Hall–Kier alpha value is -0.500. The fourth-order valence-corrected chi connectivity index (χ4v) is 2.00. The second-order valence-electron chi connectivity index (χ2n) is 4.15. The number of ether oxygens (including phenoxy) is 4. The zero-order chi connectivity index (χ0) is 12.4. The van der Waals surface area contributed by atoms with Gasteiger partial charge in [0.1, 0.15) is 24.4 Å². The van der Waals surface area contributed by atoms with Crippen molar-refractivity contribution in [2.75, 3.05) is 13.2 Å². The molecule has 17 heavy (non-hydrogen) atoms. The van der Waals surface area contributed by atoms with E-state index in [0.717, 1.165) is 0 Å². The van der Waals surface area contributed by atoms with Crippen molar-refractivity contribution in [2.24, 2.45) is 0 Å². The summed E-state index contributed by atoms with van der Waals surface area (Å²) < 4.78 is 21.4. The molecule has 6 atom stereocenters. The van der Waals surface area contributed by atoms with Crippen LogP contribution >= 0.6 is 0 Å². The van der Waals surface area contributed by atoms with E-state index in [2.05, 4.69) is 6.58 Å². The lowest BCUT2D eigenvalue weighted by Gasteiger charge is -2.45. The molecule has 0 aromatic carbocycles. The van der Waals surface area contributed by atoms with E-state index < -0.39 is 37.0 Å². The first-order valence-electron chi connectivity index (χ1n) is 5.64. The zero-order valence-electron chi connectivity index (χ0n) is 9.69. The van der Waals surface area contributed by atoms with E-state index in [9.17, 15) is 10.2 Å². The highest BCUT2D eigenvalue weighted by Gasteiger charge is 2.48. The molecule has 2 aliphatic rings. The largest absolute Gasteiger partial charge is 0.387 e. The van der Waals surface area contributed by atoms with Crippen LogP contribution in [0.4, 0.5) is 0 Å². The topological polar surface area (TPSA) is 77.4 Å². The summed E-state index contributed by atoms with van der Waals surface area (Å²) in [5.41, 5.74) is 0. The van der Waals surface area contributed by atoms with Crippen LogP contribution in [0.2, 0.25) is 0 Å². The number of rotatable bonds is 3. The highest BCUT2D eigenvalue weighted by molar-refractivity contribution is 4.92. The Bertz CT molecular complexity index is 269. The molecule has 2 fully saturated rings. The molecule has 0 aliphatic carbocycles. The minimum absolute atomic E-state index is 0.240. The van der Waals surface area contributed by atoms with E-state index in [4.69, 9.17) is 18.9 Å². The standard InChI is InChI=1S/C11H18O6/c1-3-4-14-11-9(13)8(12)10-7(17-11)5-15-6(2)16-10/h3,6-13H,1,4-5H2,2H3. The molecule has 2 heterocycles. The van der Waals surface area contributed by atoms with E-state index in [0.29, 0.717) is 6.61 Å². The Morgan fingerprint density at radius 2 is 2.12 bits per heavy atom. The highest BCUT2D eigenvalue weighted by atomic mass is 16.8. The Morgan fingerprint density at radius 1 is 1.35 bits per heavy atom. The van der Waals surface area contributed by atoms with Gasteiger partial charge in [-0.05, 0) is 6.92 Å². The van der Waals surface area contributed by atoms with Crippen molar-refractivity contribution < 1.29 is 29.2 Å². The summed E-state index contributed by atoms with van der Waals surface area (Å²) in [5, 5.41) is 19.8. The van der Waals surface area contributed by atoms with Crippen molar-refractivity contribution in [2.45, 2.75) is 43.9 Å². The third-order valence-electron chi connectivity index (χ3n) is 2.86. The van der Waals surface area contributed by atoms with Gasteiger partial charge in [-0.25, -0.2) is 0 Å². The van der Waals surface area contributed by atoms with Crippen molar-refractivity contribution in [1.82, 2.24) is 0 Å². The van der Waals surface area contributed by atoms with Crippen LogP contribution in [0.5, 0.6) is 0 Å². The van der Waals surface area contributed by atoms with Crippen molar-refractivity contribution >= 4 is 0 Å². The molecule has 2 rings (SSSR count). The molecule has 0 aromatic rings. The molecule has 0 amide bonds. The van der Waals surface area contributed by atoms with Gasteiger partial charge in [0.2, 0.25) is 0 Å². The molecular weight excluding hydrogens is 228 g/mol. The molecule has 2 saturated heterocycles. The smallest absolute Gasteiger partial charge is 0.187 e. The van der Waals surface area contributed by atoms with Crippen molar-refractivity contribution in [3.05, 3.63) is 12.7 Å². The Kier molecular flexibility index (Phi) is 4.13. The van der Waals surface area contributed by atoms with Crippen LogP contribution in [0.3, 0.4) is 0 Å². The van der Waals surface area contributed by atoms with Gasteiger partial charge in [0.25, 0.3) is 0 Å². The van der Waals surface area contributed by atoms with E-state index >= 15 is 0 Å². The summed E-state index contributed by atoms with van der Waals surface area (Å²) in [5.74, 6) is 0. The molecule has 0 aromatic heterocycles. The summed E-state index contributed by atoms with van der Waals surface area (Å²) in [6.07, 6.45) is -2.95. The monoisotopic (exact) mass is 246 g/mol. The van der Waals surface area contributed by atoms with Crippen LogP contribution in [0.1, 0.15) is 6.92 Å². The number of aliphatic hydroxyl groups is 2. The van der Waals surface area contributed by atoms with Gasteiger partial charge in [0.15, 0.2) is 12.6 Å². The quantitative estimate of drug-likeness (QED) is 0.647. The van der Waals surface area contributed by atoms with Crippen molar-refractivity contribution in [3.8, 4) is 0 Å². The van der Waals surface area contributed by atoms with E-state index in [-0.39, 0.29) is 6.61 Å². The summed E-state index contributed by atoms with van der Waals surface area (Å²) in [6.45, 7) is 5.79. The lowest BCUT2D eigenvalue weighted by molar-refractivity contribution is -0.354. The molecule has 6 heteroatoms. The fourth-order valence-electron chi connectivity index (χ4n) is 2.00. The van der Waals surface area contributed by atoms with Gasteiger partial charge in [-0.1, -0.05) is 6.08 Å². The van der Waals surface area contributed by atoms with Crippen LogP contribution in [0.25, 0.3) is 0 Å².